The Kier molecular flexibility index (Phi) is 4.19. The molecule has 1 unspecified atom stereocenters. The van der Waals surface area contributed by atoms with Gasteiger partial charge in [-0.2, -0.15) is 0 Å². The summed E-state index contributed by atoms with van der Waals surface area (Å²) < 4.78 is 25.5. The Hall–Kier alpha value is -0.960. The van der Waals surface area contributed by atoms with E-state index in [1.807, 2.05) is 6.92 Å². The third-order valence-electron chi connectivity index (χ3n) is 3.68. The minimum absolute atomic E-state index is 0.107. The van der Waals surface area contributed by atoms with Crippen LogP contribution in [-0.4, -0.2) is 33.5 Å². The van der Waals surface area contributed by atoms with Gasteiger partial charge < -0.3 is 11.1 Å². The Balaban J connectivity index is 2.14. The van der Waals surface area contributed by atoms with Crippen LogP contribution in [0.15, 0.2) is 16.3 Å². The summed E-state index contributed by atoms with van der Waals surface area (Å²) >= 11 is 1.11. The quantitative estimate of drug-likeness (QED) is 0.711. The van der Waals surface area contributed by atoms with Crippen LogP contribution in [0.5, 0.6) is 0 Å². The van der Waals surface area contributed by atoms with Crippen molar-refractivity contribution in [3.05, 3.63) is 16.3 Å². The van der Waals surface area contributed by atoms with E-state index in [0.29, 0.717) is 17.3 Å². The predicted octanol–water partition coefficient (Wildman–Crippen LogP) is 0.513. The first kappa shape index (κ1) is 15.4. The van der Waals surface area contributed by atoms with Gasteiger partial charge in [0.2, 0.25) is 10.0 Å². The molecule has 0 spiro atoms. The van der Waals surface area contributed by atoms with E-state index in [-0.39, 0.29) is 10.8 Å². The SMILES string of the molecule is CNS(=O)(=O)c1csc(C(=O)NC(C)(CN)C2CC2)c1. The van der Waals surface area contributed by atoms with Crippen LogP contribution in [0.4, 0.5) is 0 Å². The molecule has 8 heteroatoms. The van der Waals surface area contributed by atoms with E-state index in [1.165, 1.54) is 18.5 Å². The van der Waals surface area contributed by atoms with Gasteiger partial charge in [-0.3, -0.25) is 4.79 Å². The smallest absolute Gasteiger partial charge is 0.261 e. The van der Waals surface area contributed by atoms with Crippen LogP contribution in [0.1, 0.15) is 29.4 Å². The maximum Gasteiger partial charge on any atom is 0.261 e. The second-order valence-electron chi connectivity index (χ2n) is 5.20. The van der Waals surface area contributed by atoms with Gasteiger partial charge in [-0.15, -0.1) is 11.3 Å². The lowest BCUT2D eigenvalue weighted by Gasteiger charge is -2.29. The van der Waals surface area contributed by atoms with Crippen molar-refractivity contribution >= 4 is 27.3 Å². The van der Waals surface area contributed by atoms with Gasteiger partial charge in [0.05, 0.1) is 15.3 Å². The molecule has 20 heavy (non-hydrogen) atoms. The minimum atomic E-state index is -3.51. The molecule has 1 atom stereocenters. The van der Waals surface area contributed by atoms with Crippen LogP contribution in [0.3, 0.4) is 0 Å². The Morgan fingerprint density at radius 2 is 2.20 bits per heavy atom. The van der Waals surface area contributed by atoms with E-state index in [9.17, 15) is 13.2 Å². The molecule has 2 rings (SSSR count). The lowest BCUT2D eigenvalue weighted by Crippen LogP contribution is -2.53. The van der Waals surface area contributed by atoms with Crippen molar-refractivity contribution in [2.45, 2.75) is 30.2 Å². The molecule has 1 aliphatic rings. The fraction of sp³-hybridized carbons (Fsp3) is 0.583. The zero-order chi connectivity index (χ0) is 15.0. The fourth-order valence-corrected chi connectivity index (χ4v) is 3.96. The standard InChI is InChI=1S/C12H19N3O3S2/c1-12(7-13,8-3-4-8)15-11(16)10-5-9(6-19-10)20(17,18)14-2/h5-6,8,14H,3-4,7,13H2,1-2H3,(H,15,16). The molecule has 1 fully saturated rings. The predicted molar refractivity (Wildman–Crippen MR) is 78.2 cm³/mol. The van der Waals surface area contributed by atoms with Crippen LogP contribution in [0, 0.1) is 5.92 Å². The third kappa shape index (κ3) is 3.03. The molecule has 0 aromatic carbocycles. The fourth-order valence-electron chi connectivity index (χ4n) is 2.06. The summed E-state index contributed by atoms with van der Waals surface area (Å²) in [5.41, 5.74) is 5.34. The maximum absolute atomic E-state index is 12.2. The molecule has 1 aromatic heterocycles. The van der Waals surface area contributed by atoms with Crippen LogP contribution in [0.2, 0.25) is 0 Å². The Morgan fingerprint density at radius 3 is 2.70 bits per heavy atom. The zero-order valence-electron chi connectivity index (χ0n) is 11.5. The number of carbonyl (C=O) groups is 1. The summed E-state index contributed by atoms with van der Waals surface area (Å²) in [6.45, 7) is 2.30. The number of sulfonamides is 1. The number of rotatable bonds is 6. The molecule has 1 amide bonds. The largest absolute Gasteiger partial charge is 0.345 e. The van der Waals surface area contributed by atoms with Gasteiger partial charge in [0.15, 0.2) is 0 Å². The molecule has 1 heterocycles. The maximum atomic E-state index is 12.2. The lowest BCUT2D eigenvalue weighted by molar-refractivity contribution is 0.0902. The van der Waals surface area contributed by atoms with Gasteiger partial charge in [0.1, 0.15) is 0 Å². The first-order valence-electron chi connectivity index (χ1n) is 6.37. The molecule has 0 saturated heterocycles. The van der Waals surface area contributed by atoms with Gasteiger partial charge >= 0.3 is 0 Å². The Labute approximate surface area is 122 Å². The van der Waals surface area contributed by atoms with Gasteiger partial charge in [-0.05, 0) is 38.8 Å². The molecule has 0 radical (unpaired) electrons. The van der Waals surface area contributed by atoms with Crippen molar-refractivity contribution in [1.29, 1.82) is 0 Å². The zero-order valence-corrected chi connectivity index (χ0v) is 13.1. The average Bonchev–Trinajstić information content (AvgIpc) is 3.15. The molecule has 1 saturated carbocycles. The number of hydrogen-bond donors (Lipinski definition) is 3. The van der Waals surface area contributed by atoms with E-state index < -0.39 is 15.6 Å². The van der Waals surface area contributed by atoms with Crippen molar-refractivity contribution in [1.82, 2.24) is 10.0 Å². The monoisotopic (exact) mass is 317 g/mol. The third-order valence-corrected chi connectivity index (χ3v) is 6.15. The van der Waals surface area contributed by atoms with Gasteiger partial charge in [0.25, 0.3) is 5.91 Å². The van der Waals surface area contributed by atoms with Gasteiger partial charge in [0, 0.05) is 11.9 Å². The van der Waals surface area contributed by atoms with Crippen molar-refractivity contribution in [2.75, 3.05) is 13.6 Å². The molecule has 1 aromatic rings. The summed E-state index contributed by atoms with van der Waals surface area (Å²) in [6.07, 6.45) is 2.13. The van der Waals surface area contributed by atoms with Crippen LogP contribution >= 0.6 is 11.3 Å². The summed E-state index contributed by atoms with van der Waals surface area (Å²) in [6, 6.07) is 1.38. The summed E-state index contributed by atoms with van der Waals surface area (Å²) in [5, 5.41) is 4.39. The average molecular weight is 317 g/mol. The highest BCUT2D eigenvalue weighted by molar-refractivity contribution is 7.89. The number of carbonyl (C=O) groups excluding carboxylic acids is 1. The number of nitrogens with one attached hydrogen (secondary N) is 2. The summed E-state index contributed by atoms with van der Waals surface area (Å²) in [5.74, 6) is 0.143. The molecule has 0 aliphatic heterocycles. The molecular formula is C12H19N3O3S2. The van der Waals surface area contributed by atoms with Crippen molar-refractivity contribution in [3.8, 4) is 0 Å². The van der Waals surface area contributed by atoms with E-state index >= 15 is 0 Å². The second kappa shape index (κ2) is 5.44. The van der Waals surface area contributed by atoms with E-state index in [2.05, 4.69) is 10.0 Å². The Bertz CT molecular complexity index is 607. The van der Waals surface area contributed by atoms with Crippen molar-refractivity contribution in [3.63, 3.8) is 0 Å². The van der Waals surface area contributed by atoms with E-state index in [0.717, 1.165) is 24.2 Å². The van der Waals surface area contributed by atoms with Crippen LogP contribution < -0.4 is 15.8 Å². The topological polar surface area (TPSA) is 101 Å². The molecular weight excluding hydrogens is 298 g/mol. The highest BCUT2D eigenvalue weighted by Gasteiger charge is 2.41. The van der Waals surface area contributed by atoms with E-state index in [1.54, 1.807) is 0 Å². The lowest BCUT2D eigenvalue weighted by atomic mass is 9.96. The summed E-state index contributed by atoms with van der Waals surface area (Å²) in [4.78, 5) is 12.7. The Morgan fingerprint density at radius 1 is 1.55 bits per heavy atom. The number of amides is 1. The molecule has 4 N–H and O–H groups in total. The highest BCUT2D eigenvalue weighted by Crippen LogP contribution is 2.39. The number of thiophene rings is 1. The normalized spacial score (nSPS) is 18.6. The van der Waals surface area contributed by atoms with Gasteiger partial charge in [-0.1, -0.05) is 0 Å². The first-order valence-corrected chi connectivity index (χ1v) is 8.73. The van der Waals surface area contributed by atoms with Crippen molar-refractivity contribution in [2.24, 2.45) is 11.7 Å². The van der Waals surface area contributed by atoms with Crippen LogP contribution in [0.25, 0.3) is 0 Å². The molecule has 6 nitrogen and oxygen atoms in total. The molecule has 1 aliphatic carbocycles. The van der Waals surface area contributed by atoms with Gasteiger partial charge in [-0.25, -0.2) is 13.1 Å². The van der Waals surface area contributed by atoms with E-state index in [4.69, 9.17) is 5.73 Å². The molecule has 112 valence electrons. The second-order valence-corrected chi connectivity index (χ2v) is 8.00. The van der Waals surface area contributed by atoms with Crippen LogP contribution in [-0.2, 0) is 10.0 Å². The summed E-state index contributed by atoms with van der Waals surface area (Å²) in [7, 11) is -2.17. The highest BCUT2D eigenvalue weighted by atomic mass is 32.2. The molecule has 0 bridgehead atoms. The number of nitrogens with two attached hydrogens (primary N) is 1. The minimum Gasteiger partial charge on any atom is -0.345 e. The first-order chi connectivity index (χ1) is 9.32. The van der Waals surface area contributed by atoms with Crippen molar-refractivity contribution < 1.29 is 13.2 Å². The number of hydrogen-bond acceptors (Lipinski definition) is 5.